The van der Waals surface area contributed by atoms with E-state index in [0.717, 1.165) is 25.7 Å². The third-order valence-electron chi connectivity index (χ3n) is 5.75. The highest BCUT2D eigenvalue weighted by molar-refractivity contribution is 5.85. The first-order chi connectivity index (χ1) is 10.6. The highest BCUT2D eigenvalue weighted by Crippen LogP contribution is 2.47. The van der Waals surface area contributed by atoms with E-state index in [4.69, 9.17) is 10.5 Å². The van der Waals surface area contributed by atoms with E-state index in [-0.39, 0.29) is 48.8 Å². The average molecular weight is 346 g/mol. The number of hydrogen-bond donors (Lipinski definition) is 2. The molecule has 0 spiro atoms. The molecule has 6 nitrogen and oxygen atoms in total. The second kappa shape index (κ2) is 7.81. The Bertz CT molecular complexity index is 438. The van der Waals surface area contributed by atoms with Crippen molar-refractivity contribution in [3.8, 4) is 0 Å². The first-order valence-corrected chi connectivity index (χ1v) is 8.42. The number of amides is 2. The van der Waals surface area contributed by atoms with Gasteiger partial charge in [-0.15, -0.1) is 12.4 Å². The fourth-order valence-electron chi connectivity index (χ4n) is 4.51. The minimum Gasteiger partial charge on any atom is -0.375 e. The highest BCUT2D eigenvalue weighted by Gasteiger charge is 2.49. The van der Waals surface area contributed by atoms with Crippen molar-refractivity contribution >= 4 is 24.2 Å². The van der Waals surface area contributed by atoms with E-state index in [1.807, 2.05) is 4.90 Å². The summed E-state index contributed by atoms with van der Waals surface area (Å²) in [7, 11) is 1.53. The van der Waals surface area contributed by atoms with E-state index in [9.17, 15) is 9.59 Å². The Morgan fingerprint density at radius 1 is 1.17 bits per heavy atom. The molecule has 23 heavy (non-hydrogen) atoms. The number of methoxy groups -OCH3 is 1. The number of likely N-dealkylation sites (tertiary alicyclic amines) is 1. The quantitative estimate of drug-likeness (QED) is 0.778. The van der Waals surface area contributed by atoms with Gasteiger partial charge in [-0.3, -0.25) is 9.59 Å². The normalized spacial score (nSPS) is 33.4. The summed E-state index contributed by atoms with van der Waals surface area (Å²) in [5, 5.41) is 3.18. The Morgan fingerprint density at radius 3 is 2.39 bits per heavy atom. The molecule has 2 amide bonds. The zero-order chi connectivity index (χ0) is 15.7. The molecule has 0 aromatic heterocycles. The molecule has 4 atom stereocenters. The smallest absolute Gasteiger partial charge is 0.248 e. The number of ether oxygens (including phenoxy) is 1. The van der Waals surface area contributed by atoms with Gasteiger partial charge in [-0.25, -0.2) is 0 Å². The van der Waals surface area contributed by atoms with Crippen molar-refractivity contribution in [2.24, 2.45) is 23.5 Å². The monoisotopic (exact) mass is 345 g/mol. The van der Waals surface area contributed by atoms with Crippen LogP contribution in [-0.2, 0) is 14.3 Å². The standard InChI is InChI=1S/C16H27N3O3.ClH/c1-22-9-13(20)19-6-4-12(5-7-19)18-16(21)14-10-2-3-11(8-10)15(14)17;/h10-12,14-15H,2-9,17H2,1H3,(H,18,21);1H. The van der Waals surface area contributed by atoms with Crippen LogP contribution in [0.1, 0.15) is 32.1 Å². The molecule has 1 saturated heterocycles. The maximum atomic E-state index is 12.5. The number of nitrogens with zero attached hydrogens (tertiary/aromatic N) is 1. The maximum absolute atomic E-state index is 12.5. The van der Waals surface area contributed by atoms with Crippen LogP contribution in [0.4, 0.5) is 0 Å². The number of hydrogen-bond acceptors (Lipinski definition) is 4. The van der Waals surface area contributed by atoms with Crippen molar-refractivity contribution in [3.05, 3.63) is 0 Å². The molecule has 3 N–H and O–H groups in total. The van der Waals surface area contributed by atoms with E-state index < -0.39 is 0 Å². The summed E-state index contributed by atoms with van der Waals surface area (Å²) in [5.74, 6) is 1.22. The number of rotatable bonds is 4. The minimum atomic E-state index is 0. The van der Waals surface area contributed by atoms with E-state index >= 15 is 0 Å². The Labute approximate surface area is 143 Å². The summed E-state index contributed by atoms with van der Waals surface area (Å²) in [4.78, 5) is 26.1. The van der Waals surface area contributed by atoms with E-state index in [1.54, 1.807) is 0 Å². The number of nitrogens with two attached hydrogens (primary N) is 1. The molecule has 1 aliphatic heterocycles. The van der Waals surface area contributed by atoms with Gasteiger partial charge in [0.1, 0.15) is 6.61 Å². The van der Waals surface area contributed by atoms with Gasteiger partial charge in [0.2, 0.25) is 11.8 Å². The number of fused-ring (bicyclic) bond motifs is 2. The van der Waals surface area contributed by atoms with Gasteiger partial charge in [0, 0.05) is 32.3 Å². The van der Waals surface area contributed by atoms with Gasteiger partial charge in [0.15, 0.2) is 0 Å². The molecule has 2 bridgehead atoms. The molecule has 0 radical (unpaired) electrons. The predicted molar refractivity (Wildman–Crippen MR) is 89.2 cm³/mol. The summed E-state index contributed by atoms with van der Waals surface area (Å²) in [6, 6.07) is 0.215. The lowest BCUT2D eigenvalue weighted by Crippen LogP contribution is -2.51. The van der Waals surface area contributed by atoms with Gasteiger partial charge >= 0.3 is 0 Å². The van der Waals surface area contributed by atoms with Crippen molar-refractivity contribution in [2.45, 2.75) is 44.2 Å². The summed E-state index contributed by atoms with van der Waals surface area (Å²) < 4.78 is 4.88. The van der Waals surface area contributed by atoms with Crippen LogP contribution in [0.2, 0.25) is 0 Å². The summed E-state index contributed by atoms with van der Waals surface area (Å²) in [5.41, 5.74) is 6.24. The van der Waals surface area contributed by atoms with Gasteiger partial charge < -0.3 is 20.7 Å². The lowest BCUT2D eigenvalue weighted by atomic mass is 9.84. The fourth-order valence-corrected chi connectivity index (χ4v) is 4.51. The van der Waals surface area contributed by atoms with E-state index in [0.29, 0.717) is 24.9 Å². The number of carbonyl (C=O) groups excluding carboxylic acids is 2. The molecule has 0 aromatic carbocycles. The zero-order valence-corrected chi connectivity index (χ0v) is 14.5. The van der Waals surface area contributed by atoms with Crippen LogP contribution in [0.5, 0.6) is 0 Å². The third-order valence-corrected chi connectivity index (χ3v) is 5.75. The molecule has 4 unspecified atom stereocenters. The van der Waals surface area contributed by atoms with Gasteiger partial charge in [-0.2, -0.15) is 0 Å². The zero-order valence-electron chi connectivity index (χ0n) is 13.7. The SMILES string of the molecule is COCC(=O)N1CCC(NC(=O)C2C3CCC(C3)C2N)CC1.Cl. The molecule has 0 aromatic rings. The number of halogens is 1. The lowest BCUT2D eigenvalue weighted by molar-refractivity contribution is -0.136. The molecule has 1 heterocycles. The van der Waals surface area contributed by atoms with Crippen molar-refractivity contribution in [2.75, 3.05) is 26.8 Å². The van der Waals surface area contributed by atoms with Crippen molar-refractivity contribution < 1.29 is 14.3 Å². The lowest BCUT2D eigenvalue weighted by Gasteiger charge is -2.34. The second-order valence-corrected chi connectivity index (χ2v) is 7.03. The number of nitrogens with one attached hydrogen (secondary N) is 1. The van der Waals surface area contributed by atoms with Crippen LogP contribution in [0, 0.1) is 17.8 Å². The van der Waals surface area contributed by atoms with Crippen molar-refractivity contribution in [1.29, 1.82) is 0 Å². The van der Waals surface area contributed by atoms with Crippen LogP contribution >= 0.6 is 12.4 Å². The Hall–Kier alpha value is -0.850. The summed E-state index contributed by atoms with van der Waals surface area (Å²) in [6.45, 7) is 1.52. The Balaban J connectivity index is 0.00000192. The van der Waals surface area contributed by atoms with E-state index in [2.05, 4.69) is 5.32 Å². The molecule has 3 aliphatic rings. The Morgan fingerprint density at radius 2 is 1.83 bits per heavy atom. The molecule has 7 heteroatoms. The second-order valence-electron chi connectivity index (χ2n) is 7.03. The molecule has 2 aliphatic carbocycles. The van der Waals surface area contributed by atoms with Gasteiger partial charge in [-0.05, 0) is 43.9 Å². The number of piperidine rings is 1. The van der Waals surface area contributed by atoms with Gasteiger partial charge in [0.05, 0.1) is 5.92 Å². The van der Waals surface area contributed by atoms with Crippen LogP contribution in [0.15, 0.2) is 0 Å². The first kappa shape index (κ1) is 18.5. The number of carbonyl (C=O) groups is 2. The fraction of sp³-hybridized carbons (Fsp3) is 0.875. The molecule has 132 valence electrons. The average Bonchev–Trinajstić information content (AvgIpc) is 3.09. The molecular formula is C16H28ClN3O3. The predicted octanol–water partition coefficient (Wildman–Crippen LogP) is 0.535. The molecule has 3 rings (SSSR count). The van der Waals surface area contributed by atoms with E-state index in [1.165, 1.54) is 13.5 Å². The van der Waals surface area contributed by atoms with Crippen LogP contribution < -0.4 is 11.1 Å². The van der Waals surface area contributed by atoms with Crippen LogP contribution in [0.25, 0.3) is 0 Å². The molecule has 3 fully saturated rings. The van der Waals surface area contributed by atoms with Crippen molar-refractivity contribution in [1.82, 2.24) is 10.2 Å². The van der Waals surface area contributed by atoms with Gasteiger partial charge in [0.25, 0.3) is 0 Å². The Kier molecular flexibility index (Phi) is 6.28. The largest absolute Gasteiger partial charge is 0.375 e. The minimum absolute atomic E-state index is 0. The third kappa shape index (κ3) is 3.80. The van der Waals surface area contributed by atoms with Gasteiger partial charge in [-0.1, -0.05) is 0 Å². The summed E-state index contributed by atoms with van der Waals surface area (Å²) >= 11 is 0. The molecular weight excluding hydrogens is 318 g/mol. The van der Waals surface area contributed by atoms with Crippen LogP contribution in [-0.4, -0.2) is 55.6 Å². The molecule has 2 saturated carbocycles. The first-order valence-electron chi connectivity index (χ1n) is 8.42. The summed E-state index contributed by atoms with van der Waals surface area (Å²) in [6.07, 6.45) is 5.10. The van der Waals surface area contributed by atoms with Crippen LogP contribution in [0.3, 0.4) is 0 Å². The maximum Gasteiger partial charge on any atom is 0.248 e. The topological polar surface area (TPSA) is 84.7 Å². The highest BCUT2D eigenvalue weighted by atomic mass is 35.5. The van der Waals surface area contributed by atoms with Crippen molar-refractivity contribution in [3.63, 3.8) is 0 Å².